The standard InChI is InChI=1S/C18H20F2N2O2/c1-24-17-5-3-2-4-13(17)8-10-22-18(23)9-11-21-14-6-7-15(19)16(20)12-14/h2-7,12,21H,8-11H2,1H3,(H,22,23). The first-order chi connectivity index (χ1) is 11.6. The van der Waals surface area contributed by atoms with E-state index in [0.29, 0.717) is 25.2 Å². The average Bonchev–Trinajstić information content (AvgIpc) is 2.58. The van der Waals surface area contributed by atoms with Gasteiger partial charge in [-0.15, -0.1) is 0 Å². The number of para-hydroxylation sites is 1. The third kappa shape index (κ3) is 5.22. The zero-order valence-electron chi connectivity index (χ0n) is 13.4. The van der Waals surface area contributed by atoms with Crippen LogP contribution < -0.4 is 15.4 Å². The van der Waals surface area contributed by atoms with Crippen molar-refractivity contribution in [2.75, 3.05) is 25.5 Å². The molecule has 0 bridgehead atoms. The summed E-state index contributed by atoms with van der Waals surface area (Å²) >= 11 is 0. The Hall–Kier alpha value is -2.63. The molecule has 0 aliphatic carbocycles. The molecule has 0 heterocycles. The number of hydrogen-bond acceptors (Lipinski definition) is 3. The van der Waals surface area contributed by atoms with E-state index in [2.05, 4.69) is 10.6 Å². The molecular formula is C18H20F2N2O2. The van der Waals surface area contributed by atoms with Gasteiger partial charge in [0, 0.05) is 25.2 Å². The Morgan fingerprint density at radius 2 is 1.88 bits per heavy atom. The Kier molecular flexibility index (Phi) is 6.54. The van der Waals surface area contributed by atoms with Crippen molar-refractivity contribution in [3.63, 3.8) is 0 Å². The third-order valence-corrected chi connectivity index (χ3v) is 3.51. The fraction of sp³-hybridized carbons (Fsp3) is 0.278. The Labute approximate surface area is 139 Å². The zero-order valence-corrected chi connectivity index (χ0v) is 13.4. The lowest BCUT2D eigenvalue weighted by atomic mass is 10.1. The van der Waals surface area contributed by atoms with Gasteiger partial charge < -0.3 is 15.4 Å². The van der Waals surface area contributed by atoms with Crippen LogP contribution in [-0.2, 0) is 11.2 Å². The number of rotatable bonds is 8. The number of anilines is 1. The molecule has 0 atom stereocenters. The Morgan fingerprint density at radius 1 is 1.08 bits per heavy atom. The van der Waals surface area contributed by atoms with E-state index in [1.807, 2.05) is 24.3 Å². The van der Waals surface area contributed by atoms with Crippen LogP contribution in [0.1, 0.15) is 12.0 Å². The maximum Gasteiger partial charge on any atom is 0.221 e. The second-order valence-corrected chi connectivity index (χ2v) is 5.22. The fourth-order valence-corrected chi connectivity index (χ4v) is 2.26. The maximum absolute atomic E-state index is 13.1. The van der Waals surface area contributed by atoms with Crippen LogP contribution in [0.25, 0.3) is 0 Å². The highest BCUT2D eigenvalue weighted by atomic mass is 19.2. The number of nitrogens with one attached hydrogen (secondary N) is 2. The van der Waals surface area contributed by atoms with Gasteiger partial charge in [-0.05, 0) is 36.2 Å². The highest BCUT2D eigenvalue weighted by Crippen LogP contribution is 2.17. The molecule has 2 aromatic rings. The molecule has 2 N–H and O–H groups in total. The second-order valence-electron chi connectivity index (χ2n) is 5.22. The van der Waals surface area contributed by atoms with Crippen LogP contribution in [-0.4, -0.2) is 26.1 Å². The van der Waals surface area contributed by atoms with E-state index in [0.717, 1.165) is 23.4 Å². The van der Waals surface area contributed by atoms with E-state index >= 15 is 0 Å². The van der Waals surface area contributed by atoms with Gasteiger partial charge in [-0.1, -0.05) is 18.2 Å². The van der Waals surface area contributed by atoms with Gasteiger partial charge in [-0.25, -0.2) is 8.78 Å². The van der Waals surface area contributed by atoms with Crippen molar-refractivity contribution in [2.24, 2.45) is 0 Å². The Morgan fingerprint density at radius 3 is 2.62 bits per heavy atom. The number of carbonyl (C=O) groups excluding carboxylic acids is 1. The van der Waals surface area contributed by atoms with Gasteiger partial charge in [-0.2, -0.15) is 0 Å². The molecule has 1 amide bonds. The summed E-state index contributed by atoms with van der Waals surface area (Å²) in [6, 6.07) is 11.2. The molecule has 0 aromatic heterocycles. The number of ether oxygens (including phenoxy) is 1. The summed E-state index contributed by atoms with van der Waals surface area (Å²) in [6.45, 7) is 0.843. The highest BCUT2D eigenvalue weighted by molar-refractivity contribution is 5.76. The second kappa shape index (κ2) is 8.86. The average molecular weight is 334 g/mol. The van der Waals surface area contributed by atoms with E-state index in [9.17, 15) is 13.6 Å². The van der Waals surface area contributed by atoms with Gasteiger partial charge in [0.15, 0.2) is 11.6 Å². The van der Waals surface area contributed by atoms with Crippen molar-refractivity contribution in [3.05, 3.63) is 59.7 Å². The van der Waals surface area contributed by atoms with Crippen LogP contribution in [0, 0.1) is 11.6 Å². The number of carbonyl (C=O) groups is 1. The molecule has 0 saturated carbocycles. The molecule has 24 heavy (non-hydrogen) atoms. The fourth-order valence-electron chi connectivity index (χ4n) is 2.26. The van der Waals surface area contributed by atoms with E-state index in [-0.39, 0.29) is 12.3 Å². The highest BCUT2D eigenvalue weighted by Gasteiger charge is 2.05. The molecule has 0 saturated heterocycles. The smallest absolute Gasteiger partial charge is 0.221 e. The molecule has 0 spiro atoms. The zero-order chi connectivity index (χ0) is 17.4. The summed E-state index contributed by atoms with van der Waals surface area (Å²) < 4.78 is 31.1. The van der Waals surface area contributed by atoms with E-state index in [1.165, 1.54) is 6.07 Å². The minimum atomic E-state index is -0.916. The first-order valence-corrected chi connectivity index (χ1v) is 7.67. The summed E-state index contributed by atoms with van der Waals surface area (Å²) in [6.07, 6.45) is 0.914. The van der Waals surface area contributed by atoms with Gasteiger partial charge in [0.2, 0.25) is 5.91 Å². The van der Waals surface area contributed by atoms with Gasteiger partial charge >= 0.3 is 0 Å². The van der Waals surface area contributed by atoms with Crippen molar-refractivity contribution in [1.29, 1.82) is 0 Å². The predicted octanol–water partition coefficient (Wildman–Crippen LogP) is 3.13. The molecule has 2 aromatic carbocycles. The van der Waals surface area contributed by atoms with Crippen LogP contribution in [0.5, 0.6) is 5.75 Å². The Bertz CT molecular complexity index is 692. The summed E-state index contributed by atoms with van der Waals surface area (Å²) in [7, 11) is 1.61. The van der Waals surface area contributed by atoms with Crippen molar-refractivity contribution < 1.29 is 18.3 Å². The summed E-state index contributed by atoms with van der Waals surface area (Å²) in [4.78, 5) is 11.8. The topological polar surface area (TPSA) is 50.4 Å². The lowest BCUT2D eigenvalue weighted by Crippen LogP contribution is -2.27. The molecule has 0 fully saturated rings. The monoisotopic (exact) mass is 334 g/mol. The summed E-state index contributed by atoms with van der Waals surface area (Å²) in [5.41, 5.74) is 1.47. The molecule has 6 heteroatoms. The quantitative estimate of drug-likeness (QED) is 0.780. The first kappa shape index (κ1) is 17.7. The van der Waals surface area contributed by atoms with Gasteiger partial charge in [0.1, 0.15) is 5.75 Å². The predicted molar refractivity (Wildman–Crippen MR) is 89.2 cm³/mol. The molecule has 2 rings (SSSR count). The van der Waals surface area contributed by atoms with Crippen molar-refractivity contribution in [3.8, 4) is 5.75 Å². The van der Waals surface area contributed by atoms with Gasteiger partial charge in [0.05, 0.1) is 7.11 Å². The molecule has 4 nitrogen and oxygen atoms in total. The minimum Gasteiger partial charge on any atom is -0.496 e. The van der Waals surface area contributed by atoms with Crippen LogP contribution in [0.15, 0.2) is 42.5 Å². The van der Waals surface area contributed by atoms with Gasteiger partial charge in [0.25, 0.3) is 0 Å². The number of methoxy groups -OCH3 is 1. The number of amides is 1. The molecule has 128 valence electrons. The van der Waals surface area contributed by atoms with Crippen molar-refractivity contribution in [1.82, 2.24) is 5.32 Å². The van der Waals surface area contributed by atoms with Gasteiger partial charge in [-0.3, -0.25) is 4.79 Å². The Balaban J connectivity index is 1.69. The summed E-state index contributed by atoms with van der Waals surface area (Å²) in [5.74, 6) is -1.12. The van der Waals surface area contributed by atoms with Crippen molar-refractivity contribution >= 4 is 11.6 Å². The van der Waals surface area contributed by atoms with Crippen molar-refractivity contribution in [2.45, 2.75) is 12.8 Å². The molecule has 0 aliphatic heterocycles. The van der Waals surface area contributed by atoms with Crippen LogP contribution in [0.4, 0.5) is 14.5 Å². The molecule has 0 unspecified atom stereocenters. The first-order valence-electron chi connectivity index (χ1n) is 7.67. The molecular weight excluding hydrogens is 314 g/mol. The van der Waals surface area contributed by atoms with E-state index in [1.54, 1.807) is 7.11 Å². The van der Waals surface area contributed by atoms with E-state index in [4.69, 9.17) is 4.74 Å². The molecule has 0 aliphatic rings. The number of halogens is 2. The lowest BCUT2D eigenvalue weighted by Gasteiger charge is -2.10. The van der Waals surface area contributed by atoms with Crippen LogP contribution >= 0.6 is 0 Å². The largest absolute Gasteiger partial charge is 0.496 e. The SMILES string of the molecule is COc1ccccc1CCNC(=O)CCNc1ccc(F)c(F)c1. The lowest BCUT2D eigenvalue weighted by molar-refractivity contribution is -0.120. The number of benzene rings is 2. The maximum atomic E-state index is 13.1. The van der Waals surface area contributed by atoms with Crippen LogP contribution in [0.2, 0.25) is 0 Å². The van der Waals surface area contributed by atoms with E-state index < -0.39 is 11.6 Å². The number of hydrogen-bond donors (Lipinski definition) is 2. The summed E-state index contributed by atoms with van der Waals surface area (Å²) in [5, 5.41) is 5.70. The minimum absolute atomic E-state index is 0.111. The normalized spacial score (nSPS) is 10.3. The third-order valence-electron chi connectivity index (χ3n) is 3.51. The van der Waals surface area contributed by atoms with Crippen LogP contribution in [0.3, 0.4) is 0 Å². The molecule has 0 radical (unpaired) electrons.